The molecule has 3 heteroatoms. The van der Waals surface area contributed by atoms with E-state index < -0.39 is 0 Å². The molecule has 1 aliphatic rings. The summed E-state index contributed by atoms with van der Waals surface area (Å²) in [6.45, 7) is 10.6. The minimum Gasteiger partial charge on any atom is -0.308 e. The molecule has 2 rings (SSSR count). The molecule has 2 heterocycles. The van der Waals surface area contributed by atoms with E-state index in [-0.39, 0.29) is 5.54 Å². The van der Waals surface area contributed by atoms with Crippen molar-refractivity contribution in [2.45, 2.75) is 58.0 Å². The summed E-state index contributed by atoms with van der Waals surface area (Å²) in [4.78, 5) is 4.21. The van der Waals surface area contributed by atoms with Gasteiger partial charge in [0.15, 0.2) is 0 Å². The van der Waals surface area contributed by atoms with E-state index in [4.69, 9.17) is 0 Å². The molecule has 1 aromatic rings. The number of rotatable bonds is 6. The Kier molecular flexibility index (Phi) is 5.43. The molecule has 0 saturated carbocycles. The van der Waals surface area contributed by atoms with E-state index in [0.29, 0.717) is 6.04 Å². The van der Waals surface area contributed by atoms with Crippen LogP contribution in [-0.4, -0.2) is 30.1 Å². The quantitative estimate of drug-likeness (QED) is 0.845. The maximum absolute atomic E-state index is 3.74. The van der Waals surface area contributed by atoms with E-state index in [1.807, 2.05) is 11.3 Å². The Balaban J connectivity index is 2.24. The van der Waals surface area contributed by atoms with Gasteiger partial charge in [-0.3, -0.25) is 4.90 Å². The van der Waals surface area contributed by atoms with Crippen LogP contribution in [0.4, 0.5) is 0 Å². The zero-order valence-electron chi connectivity index (χ0n) is 12.6. The van der Waals surface area contributed by atoms with Crippen molar-refractivity contribution in [2.24, 2.45) is 0 Å². The number of piperidine rings is 1. The van der Waals surface area contributed by atoms with Gasteiger partial charge in [0.2, 0.25) is 0 Å². The van der Waals surface area contributed by atoms with Gasteiger partial charge in [0, 0.05) is 10.4 Å². The lowest BCUT2D eigenvalue weighted by atomic mass is 9.84. The summed E-state index contributed by atoms with van der Waals surface area (Å²) in [6, 6.07) is 4.92. The molecule has 0 spiro atoms. The van der Waals surface area contributed by atoms with Gasteiger partial charge in [0.05, 0.1) is 6.04 Å². The van der Waals surface area contributed by atoms with Crippen LogP contribution in [0.25, 0.3) is 0 Å². The largest absolute Gasteiger partial charge is 0.308 e. The summed E-state index contributed by atoms with van der Waals surface area (Å²) in [5.74, 6) is 0. The highest BCUT2D eigenvalue weighted by Crippen LogP contribution is 2.37. The summed E-state index contributed by atoms with van der Waals surface area (Å²) in [5.41, 5.74) is 0.237. The number of hydrogen-bond donors (Lipinski definition) is 1. The molecule has 1 aromatic heterocycles. The summed E-state index contributed by atoms with van der Waals surface area (Å²) >= 11 is 1.89. The van der Waals surface area contributed by atoms with Crippen molar-refractivity contribution in [2.75, 3.05) is 19.6 Å². The predicted octanol–water partition coefficient (Wildman–Crippen LogP) is 4.05. The SMILES string of the molecule is CCNC(c1cccs1)C(C)(CC)N1CCCCC1. The van der Waals surface area contributed by atoms with Gasteiger partial charge in [-0.25, -0.2) is 0 Å². The van der Waals surface area contributed by atoms with E-state index >= 15 is 0 Å². The molecule has 2 atom stereocenters. The number of likely N-dealkylation sites (N-methyl/N-ethyl adjacent to an activating group) is 1. The van der Waals surface area contributed by atoms with Gasteiger partial charge in [0.25, 0.3) is 0 Å². The second-order valence-corrected chi connectivity index (χ2v) is 6.74. The normalized spacial score (nSPS) is 22.1. The summed E-state index contributed by atoms with van der Waals surface area (Å²) in [5, 5.41) is 5.94. The Morgan fingerprint density at radius 2 is 2.05 bits per heavy atom. The number of nitrogens with one attached hydrogen (secondary N) is 1. The molecule has 2 unspecified atom stereocenters. The van der Waals surface area contributed by atoms with Crippen molar-refractivity contribution in [3.63, 3.8) is 0 Å². The molecule has 1 N–H and O–H groups in total. The number of thiophene rings is 1. The summed E-state index contributed by atoms with van der Waals surface area (Å²) in [7, 11) is 0. The molecule has 0 bridgehead atoms. The average Bonchev–Trinajstić information content (AvgIpc) is 2.98. The van der Waals surface area contributed by atoms with Gasteiger partial charge >= 0.3 is 0 Å². The zero-order chi connectivity index (χ0) is 13.7. The molecule has 108 valence electrons. The van der Waals surface area contributed by atoms with Crippen molar-refractivity contribution >= 4 is 11.3 Å². The smallest absolute Gasteiger partial charge is 0.0598 e. The molecule has 0 radical (unpaired) electrons. The van der Waals surface area contributed by atoms with Crippen LogP contribution < -0.4 is 5.32 Å². The van der Waals surface area contributed by atoms with Crippen LogP contribution in [0.3, 0.4) is 0 Å². The Morgan fingerprint density at radius 1 is 1.32 bits per heavy atom. The third-order valence-corrected chi connectivity index (χ3v) is 5.59. The maximum atomic E-state index is 3.74. The Hall–Kier alpha value is -0.380. The Labute approximate surface area is 122 Å². The third kappa shape index (κ3) is 3.21. The molecular weight excluding hydrogens is 252 g/mol. The van der Waals surface area contributed by atoms with Crippen molar-refractivity contribution < 1.29 is 0 Å². The van der Waals surface area contributed by atoms with E-state index in [9.17, 15) is 0 Å². The molecule has 0 aliphatic carbocycles. The standard InChI is InChI=1S/C16H28N2S/c1-4-16(3,18-11-7-6-8-12-18)15(17-5-2)14-10-9-13-19-14/h9-10,13,15,17H,4-8,11-12H2,1-3H3. The minimum atomic E-state index is 0.237. The predicted molar refractivity (Wildman–Crippen MR) is 84.9 cm³/mol. The van der Waals surface area contributed by atoms with Gasteiger partial charge in [0.1, 0.15) is 0 Å². The second-order valence-electron chi connectivity index (χ2n) is 5.76. The van der Waals surface area contributed by atoms with Gasteiger partial charge in [-0.2, -0.15) is 0 Å². The molecule has 2 nitrogen and oxygen atoms in total. The van der Waals surface area contributed by atoms with Gasteiger partial charge in [-0.15, -0.1) is 11.3 Å². The van der Waals surface area contributed by atoms with Crippen LogP contribution >= 0.6 is 11.3 Å². The average molecular weight is 280 g/mol. The highest BCUT2D eigenvalue weighted by molar-refractivity contribution is 7.10. The Bertz CT molecular complexity index is 357. The fourth-order valence-electron chi connectivity index (χ4n) is 3.30. The molecule has 1 saturated heterocycles. The maximum Gasteiger partial charge on any atom is 0.0598 e. The van der Waals surface area contributed by atoms with E-state index in [1.54, 1.807) is 0 Å². The Morgan fingerprint density at radius 3 is 2.58 bits per heavy atom. The lowest BCUT2D eigenvalue weighted by Gasteiger charge is -2.48. The van der Waals surface area contributed by atoms with Crippen molar-refractivity contribution in [1.82, 2.24) is 10.2 Å². The van der Waals surface area contributed by atoms with Crippen LogP contribution in [0, 0.1) is 0 Å². The van der Waals surface area contributed by atoms with Crippen LogP contribution in [0.5, 0.6) is 0 Å². The van der Waals surface area contributed by atoms with Gasteiger partial charge < -0.3 is 5.32 Å². The molecule has 1 fully saturated rings. The lowest BCUT2D eigenvalue weighted by molar-refractivity contribution is 0.0440. The molecule has 0 amide bonds. The van der Waals surface area contributed by atoms with E-state index in [2.05, 4.69) is 48.5 Å². The zero-order valence-corrected chi connectivity index (χ0v) is 13.4. The summed E-state index contributed by atoms with van der Waals surface area (Å²) in [6.07, 6.45) is 5.32. The fraction of sp³-hybridized carbons (Fsp3) is 0.750. The third-order valence-electron chi connectivity index (χ3n) is 4.65. The minimum absolute atomic E-state index is 0.237. The van der Waals surface area contributed by atoms with Crippen LogP contribution in [0.15, 0.2) is 17.5 Å². The van der Waals surface area contributed by atoms with E-state index in [1.165, 1.54) is 43.6 Å². The highest BCUT2D eigenvalue weighted by Gasteiger charge is 2.39. The number of hydrogen-bond acceptors (Lipinski definition) is 3. The lowest BCUT2D eigenvalue weighted by Crippen LogP contribution is -2.55. The fourth-order valence-corrected chi connectivity index (χ4v) is 4.25. The van der Waals surface area contributed by atoms with Crippen LogP contribution in [-0.2, 0) is 0 Å². The number of likely N-dealkylation sites (tertiary alicyclic amines) is 1. The monoisotopic (exact) mass is 280 g/mol. The van der Waals surface area contributed by atoms with Crippen molar-refractivity contribution in [3.05, 3.63) is 22.4 Å². The summed E-state index contributed by atoms with van der Waals surface area (Å²) < 4.78 is 0. The van der Waals surface area contributed by atoms with E-state index in [0.717, 1.165) is 6.54 Å². The molecule has 0 aromatic carbocycles. The first kappa shape index (κ1) is 15.0. The topological polar surface area (TPSA) is 15.3 Å². The molecular formula is C16H28N2S. The van der Waals surface area contributed by atoms with Crippen LogP contribution in [0.1, 0.15) is 57.4 Å². The van der Waals surface area contributed by atoms with Gasteiger partial charge in [-0.05, 0) is 57.3 Å². The first-order chi connectivity index (χ1) is 9.22. The first-order valence-electron chi connectivity index (χ1n) is 7.74. The molecule has 1 aliphatic heterocycles. The van der Waals surface area contributed by atoms with Crippen molar-refractivity contribution in [1.29, 1.82) is 0 Å². The first-order valence-corrected chi connectivity index (χ1v) is 8.62. The van der Waals surface area contributed by atoms with Crippen molar-refractivity contribution in [3.8, 4) is 0 Å². The second kappa shape index (κ2) is 6.87. The highest BCUT2D eigenvalue weighted by atomic mass is 32.1. The number of nitrogens with zero attached hydrogens (tertiary/aromatic N) is 1. The molecule has 19 heavy (non-hydrogen) atoms. The van der Waals surface area contributed by atoms with Gasteiger partial charge in [-0.1, -0.05) is 26.3 Å². The van der Waals surface area contributed by atoms with Crippen LogP contribution in [0.2, 0.25) is 0 Å².